The molecule has 0 aliphatic carbocycles. The normalized spacial score (nSPS) is 17.9. The summed E-state index contributed by atoms with van der Waals surface area (Å²) in [6.45, 7) is 7.85. The van der Waals surface area contributed by atoms with Crippen molar-refractivity contribution in [3.8, 4) is 0 Å². The molecule has 0 atom stereocenters. The maximum atomic E-state index is 4.28. The summed E-state index contributed by atoms with van der Waals surface area (Å²) >= 11 is 1.81. The number of aliphatic imine (C=N–C) groups is 1. The number of nitrogens with zero attached hydrogens (tertiary/aromatic N) is 2. The molecule has 1 aliphatic rings. The predicted octanol–water partition coefficient (Wildman–Crippen LogP) is 2.19. The van der Waals surface area contributed by atoms with Gasteiger partial charge < -0.3 is 15.5 Å². The van der Waals surface area contributed by atoms with Gasteiger partial charge >= 0.3 is 0 Å². The Labute approximate surface area is 132 Å². The van der Waals surface area contributed by atoms with E-state index >= 15 is 0 Å². The van der Waals surface area contributed by atoms with Gasteiger partial charge in [-0.2, -0.15) is 0 Å². The minimum absolute atomic E-state index is 0.904. The number of likely N-dealkylation sites (tertiary alicyclic amines) is 1. The highest BCUT2D eigenvalue weighted by molar-refractivity contribution is 7.09. The maximum Gasteiger partial charge on any atom is 0.191 e. The molecule has 1 aromatic rings. The predicted molar refractivity (Wildman–Crippen MR) is 92.2 cm³/mol. The topological polar surface area (TPSA) is 39.7 Å². The van der Waals surface area contributed by atoms with E-state index in [0.29, 0.717) is 0 Å². The van der Waals surface area contributed by atoms with Crippen molar-refractivity contribution < 1.29 is 0 Å². The van der Waals surface area contributed by atoms with E-state index in [1.54, 1.807) is 0 Å². The fraction of sp³-hybridized carbons (Fsp3) is 0.688. The van der Waals surface area contributed by atoms with E-state index < -0.39 is 0 Å². The van der Waals surface area contributed by atoms with Crippen molar-refractivity contribution in [2.75, 3.05) is 39.8 Å². The largest absolute Gasteiger partial charge is 0.356 e. The number of hydrogen-bond donors (Lipinski definition) is 2. The van der Waals surface area contributed by atoms with E-state index in [2.05, 4.69) is 45.0 Å². The van der Waals surface area contributed by atoms with Crippen LogP contribution in [0.2, 0.25) is 0 Å². The number of nitrogens with one attached hydrogen (secondary N) is 2. The average Bonchev–Trinajstić information content (AvgIpc) is 3.01. The summed E-state index contributed by atoms with van der Waals surface area (Å²) in [5, 5.41) is 8.92. The molecule has 118 valence electrons. The second-order valence-corrected chi connectivity index (χ2v) is 6.81. The zero-order valence-corrected chi connectivity index (χ0v) is 14.1. The minimum Gasteiger partial charge on any atom is -0.356 e. The molecule has 2 N–H and O–H groups in total. The van der Waals surface area contributed by atoms with Gasteiger partial charge in [-0.05, 0) is 49.7 Å². The molecule has 0 bridgehead atoms. The van der Waals surface area contributed by atoms with Crippen LogP contribution in [0.1, 0.15) is 24.6 Å². The molecular formula is C16H28N4S. The number of rotatable bonds is 6. The zero-order chi connectivity index (χ0) is 14.9. The first-order chi connectivity index (χ1) is 10.3. The Hall–Kier alpha value is -1.07. The molecule has 1 aromatic heterocycles. The highest BCUT2D eigenvalue weighted by Gasteiger charge is 2.14. The summed E-state index contributed by atoms with van der Waals surface area (Å²) in [7, 11) is 1.84. The molecule has 0 saturated carbocycles. The fourth-order valence-electron chi connectivity index (χ4n) is 2.60. The van der Waals surface area contributed by atoms with Crippen LogP contribution in [0.4, 0.5) is 0 Å². The standard InChI is InChI=1S/C16H28N4S/c1-14-6-10-20(11-7-14)12-9-19-16(17-2)18-8-5-15-4-3-13-21-15/h3-4,13-14H,5-12H2,1-2H3,(H2,17,18,19). The lowest BCUT2D eigenvalue weighted by molar-refractivity contribution is 0.195. The van der Waals surface area contributed by atoms with E-state index in [0.717, 1.165) is 37.9 Å². The third-order valence-electron chi connectivity index (χ3n) is 4.06. The van der Waals surface area contributed by atoms with Crippen LogP contribution >= 0.6 is 11.3 Å². The molecule has 21 heavy (non-hydrogen) atoms. The van der Waals surface area contributed by atoms with Gasteiger partial charge in [0.1, 0.15) is 0 Å². The van der Waals surface area contributed by atoms with Crippen molar-refractivity contribution in [2.24, 2.45) is 10.9 Å². The molecule has 0 amide bonds. The van der Waals surface area contributed by atoms with Gasteiger partial charge in [-0.25, -0.2) is 0 Å². The Morgan fingerprint density at radius 1 is 1.33 bits per heavy atom. The quantitative estimate of drug-likeness (QED) is 0.625. The zero-order valence-electron chi connectivity index (χ0n) is 13.3. The SMILES string of the molecule is CN=C(NCCc1cccs1)NCCN1CCC(C)CC1. The summed E-state index contributed by atoms with van der Waals surface area (Å²) in [6.07, 6.45) is 3.74. The third kappa shape index (κ3) is 6.06. The Morgan fingerprint density at radius 2 is 2.10 bits per heavy atom. The molecule has 0 radical (unpaired) electrons. The molecule has 5 heteroatoms. The summed E-state index contributed by atoms with van der Waals surface area (Å²) in [4.78, 5) is 8.25. The van der Waals surface area contributed by atoms with Crippen LogP contribution < -0.4 is 10.6 Å². The van der Waals surface area contributed by atoms with E-state index in [4.69, 9.17) is 0 Å². The Morgan fingerprint density at radius 3 is 2.76 bits per heavy atom. The van der Waals surface area contributed by atoms with Crippen LogP contribution in [0.3, 0.4) is 0 Å². The van der Waals surface area contributed by atoms with Crippen LogP contribution in [0, 0.1) is 5.92 Å². The van der Waals surface area contributed by atoms with Crippen LogP contribution in [-0.2, 0) is 6.42 Å². The van der Waals surface area contributed by atoms with Crippen molar-refractivity contribution in [3.05, 3.63) is 22.4 Å². The second-order valence-electron chi connectivity index (χ2n) is 5.78. The number of guanidine groups is 1. The highest BCUT2D eigenvalue weighted by Crippen LogP contribution is 2.15. The summed E-state index contributed by atoms with van der Waals surface area (Å²) < 4.78 is 0. The summed E-state index contributed by atoms with van der Waals surface area (Å²) in [6, 6.07) is 4.28. The molecule has 0 unspecified atom stereocenters. The van der Waals surface area contributed by atoms with Gasteiger partial charge in [-0.3, -0.25) is 4.99 Å². The lowest BCUT2D eigenvalue weighted by Crippen LogP contribution is -2.43. The first kappa shape index (κ1) is 16.3. The van der Waals surface area contributed by atoms with Crippen molar-refractivity contribution in [2.45, 2.75) is 26.2 Å². The maximum absolute atomic E-state index is 4.28. The van der Waals surface area contributed by atoms with Gasteiger partial charge in [0.2, 0.25) is 0 Å². The molecule has 0 aromatic carbocycles. The van der Waals surface area contributed by atoms with Crippen molar-refractivity contribution in [1.82, 2.24) is 15.5 Å². The van der Waals surface area contributed by atoms with Gasteiger partial charge in [-0.15, -0.1) is 11.3 Å². The van der Waals surface area contributed by atoms with E-state index in [1.165, 1.54) is 30.8 Å². The van der Waals surface area contributed by atoms with Gasteiger partial charge in [0.25, 0.3) is 0 Å². The van der Waals surface area contributed by atoms with Crippen molar-refractivity contribution in [1.29, 1.82) is 0 Å². The van der Waals surface area contributed by atoms with Crippen LogP contribution in [0.5, 0.6) is 0 Å². The molecule has 1 fully saturated rings. The van der Waals surface area contributed by atoms with Gasteiger partial charge in [0, 0.05) is 31.6 Å². The van der Waals surface area contributed by atoms with Crippen LogP contribution in [0.15, 0.2) is 22.5 Å². The van der Waals surface area contributed by atoms with Crippen LogP contribution in [-0.4, -0.2) is 50.6 Å². The fourth-order valence-corrected chi connectivity index (χ4v) is 3.31. The molecule has 2 heterocycles. The smallest absolute Gasteiger partial charge is 0.191 e. The van der Waals surface area contributed by atoms with E-state index in [9.17, 15) is 0 Å². The van der Waals surface area contributed by atoms with Crippen molar-refractivity contribution in [3.63, 3.8) is 0 Å². The summed E-state index contributed by atoms with van der Waals surface area (Å²) in [5.74, 6) is 1.82. The van der Waals surface area contributed by atoms with E-state index in [-0.39, 0.29) is 0 Å². The Balaban J connectivity index is 1.57. The molecule has 2 rings (SSSR count). The van der Waals surface area contributed by atoms with Gasteiger partial charge in [0.05, 0.1) is 0 Å². The number of hydrogen-bond acceptors (Lipinski definition) is 3. The summed E-state index contributed by atoms with van der Waals surface area (Å²) in [5.41, 5.74) is 0. The Kier molecular flexibility index (Phi) is 7.03. The molecule has 1 aliphatic heterocycles. The lowest BCUT2D eigenvalue weighted by Gasteiger charge is -2.30. The van der Waals surface area contributed by atoms with Gasteiger partial charge in [0.15, 0.2) is 5.96 Å². The first-order valence-corrected chi connectivity index (χ1v) is 8.85. The lowest BCUT2D eigenvalue weighted by atomic mass is 9.99. The van der Waals surface area contributed by atoms with Gasteiger partial charge in [-0.1, -0.05) is 13.0 Å². The molecule has 1 saturated heterocycles. The minimum atomic E-state index is 0.904. The Bertz CT molecular complexity index is 408. The molecule has 0 spiro atoms. The highest BCUT2D eigenvalue weighted by atomic mass is 32.1. The number of piperidine rings is 1. The van der Waals surface area contributed by atoms with Crippen molar-refractivity contribution >= 4 is 17.3 Å². The molecule has 4 nitrogen and oxygen atoms in total. The van der Waals surface area contributed by atoms with Crippen LogP contribution in [0.25, 0.3) is 0 Å². The third-order valence-corrected chi connectivity index (χ3v) is 5.00. The van der Waals surface area contributed by atoms with E-state index in [1.807, 2.05) is 18.4 Å². The molecular weight excluding hydrogens is 280 g/mol. The monoisotopic (exact) mass is 308 g/mol. The first-order valence-electron chi connectivity index (χ1n) is 7.97. The average molecular weight is 308 g/mol. The second kappa shape index (κ2) is 9.05. The number of thiophene rings is 1.